The summed E-state index contributed by atoms with van der Waals surface area (Å²) in [6, 6.07) is 10.2. The third-order valence-electron chi connectivity index (χ3n) is 3.49. The Bertz CT molecular complexity index is 476. The van der Waals surface area contributed by atoms with Crippen LogP contribution in [-0.4, -0.2) is 22.8 Å². The highest BCUT2D eigenvalue weighted by molar-refractivity contribution is 5.27. The molecule has 1 fully saturated rings. The molecule has 0 aromatic heterocycles. The predicted octanol–water partition coefficient (Wildman–Crippen LogP) is 2.37. The van der Waals surface area contributed by atoms with Crippen molar-refractivity contribution in [1.82, 2.24) is 5.32 Å². The van der Waals surface area contributed by atoms with Crippen molar-refractivity contribution in [2.75, 3.05) is 0 Å². The first kappa shape index (κ1) is 14.8. The molecule has 0 heterocycles. The van der Waals surface area contributed by atoms with Crippen LogP contribution in [0.15, 0.2) is 24.3 Å². The van der Waals surface area contributed by atoms with Crippen molar-refractivity contribution in [2.45, 2.75) is 57.4 Å². The van der Waals surface area contributed by atoms with E-state index < -0.39 is 5.54 Å². The zero-order valence-electron chi connectivity index (χ0n) is 12.1. The maximum Gasteiger partial charge on any atom is 0.119 e. The van der Waals surface area contributed by atoms with Crippen LogP contribution in [0, 0.1) is 11.3 Å². The van der Waals surface area contributed by atoms with Gasteiger partial charge in [-0.2, -0.15) is 5.26 Å². The van der Waals surface area contributed by atoms with E-state index in [0.29, 0.717) is 12.5 Å². The van der Waals surface area contributed by atoms with Gasteiger partial charge >= 0.3 is 0 Å². The highest BCUT2D eigenvalue weighted by atomic mass is 16.5. The quantitative estimate of drug-likeness (QED) is 0.801. The Morgan fingerprint density at radius 1 is 1.45 bits per heavy atom. The molecule has 1 saturated carbocycles. The van der Waals surface area contributed by atoms with E-state index in [1.54, 1.807) is 0 Å². The van der Waals surface area contributed by atoms with Gasteiger partial charge in [-0.15, -0.1) is 0 Å². The van der Waals surface area contributed by atoms with Crippen molar-refractivity contribution < 1.29 is 9.84 Å². The van der Waals surface area contributed by atoms with Crippen LogP contribution in [0.1, 0.15) is 38.7 Å². The Morgan fingerprint density at radius 3 is 2.60 bits per heavy atom. The molecule has 1 aromatic rings. The van der Waals surface area contributed by atoms with Gasteiger partial charge in [0.05, 0.1) is 18.8 Å². The molecule has 20 heavy (non-hydrogen) atoms. The van der Waals surface area contributed by atoms with E-state index in [9.17, 15) is 5.26 Å². The maximum atomic E-state index is 9.35. The smallest absolute Gasteiger partial charge is 0.119 e. The molecule has 2 rings (SSSR count). The van der Waals surface area contributed by atoms with Crippen LogP contribution in [0.3, 0.4) is 0 Å². The summed E-state index contributed by atoms with van der Waals surface area (Å²) in [5, 5.41) is 21.7. The molecule has 0 spiro atoms. The summed E-state index contributed by atoms with van der Waals surface area (Å²) in [6.45, 7) is 3.94. The molecular weight excluding hydrogens is 252 g/mol. The Balaban J connectivity index is 1.89. The lowest BCUT2D eigenvalue weighted by atomic mass is 9.96. The first-order chi connectivity index (χ1) is 9.54. The van der Waals surface area contributed by atoms with Gasteiger partial charge in [0, 0.05) is 12.5 Å². The molecular formula is C16H22N2O2. The van der Waals surface area contributed by atoms with E-state index in [1.807, 2.05) is 38.1 Å². The van der Waals surface area contributed by atoms with Crippen molar-refractivity contribution >= 4 is 0 Å². The molecule has 2 unspecified atom stereocenters. The van der Waals surface area contributed by atoms with Gasteiger partial charge in [0.2, 0.25) is 0 Å². The average molecular weight is 274 g/mol. The van der Waals surface area contributed by atoms with Gasteiger partial charge < -0.3 is 9.84 Å². The number of rotatable bonds is 7. The standard InChI is InChI=1S/C16H22N2O2/c1-12(9-16(2,11-17)18-14-5-6-14)20-15-7-3-13(10-19)4-8-15/h3-4,7-8,12,14,18-19H,5-6,9-10H2,1-2H3. The minimum atomic E-state index is -0.536. The second kappa shape index (κ2) is 6.25. The highest BCUT2D eigenvalue weighted by Gasteiger charge is 2.34. The molecule has 0 amide bonds. The fourth-order valence-corrected chi connectivity index (χ4v) is 2.34. The van der Waals surface area contributed by atoms with Gasteiger partial charge in [0.25, 0.3) is 0 Å². The van der Waals surface area contributed by atoms with Crippen molar-refractivity contribution in [3.8, 4) is 11.8 Å². The number of hydrogen-bond donors (Lipinski definition) is 2. The van der Waals surface area contributed by atoms with E-state index in [4.69, 9.17) is 9.84 Å². The van der Waals surface area contributed by atoms with Gasteiger partial charge in [0.1, 0.15) is 11.3 Å². The SMILES string of the molecule is CC(CC(C)(C#N)NC1CC1)Oc1ccc(CO)cc1. The highest BCUT2D eigenvalue weighted by Crippen LogP contribution is 2.25. The molecule has 1 aromatic carbocycles. The fraction of sp³-hybridized carbons (Fsp3) is 0.562. The van der Waals surface area contributed by atoms with E-state index in [1.165, 1.54) is 0 Å². The second-order valence-electron chi connectivity index (χ2n) is 5.80. The molecule has 0 aliphatic heterocycles. The zero-order valence-corrected chi connectivity index (χ0v) is 12.1. The molecule has 0 radical (unpaired) electrons. The van der Waals surface area contributed by atoms with Crippen LogP contribution in [0.4, 0.5) is 0 Å². The molecule has 108 valence electrons. The van der Waals surface area contributed by atoms with Crippen molar-refractivity contribution in [3.05, 3.63) is 29.8 Å². The fourth-order valence-electron chi connectivity index (χ4n) is 2.34. The van der Waals surface area contributed by atoms with Crippen LogP contribution in [0.25, 0.3) is 0 Å². The number of hydrogen-bond acceptors (Lipinski definition) is 4. The van der Waals surface area contributed by atoms with Gasteiger partial charge in [-0.05, 0) is 44.4 Å². The molecule has 4 nitrogen and oxygen atoms in total. The minimum Gasteiger partial charge on any atom is -0.491 e. The van der Waals surface area contributed by atoms with Gasteiger partial charge in [0.15, 0.2) is 0 Å². The second-order valence-corrected chi connectivity index (χ2v) is 5.80. The minimum absolute atomic E-state index is 0.0354. The van der Waals surface area contributed by atoms with Crippen LogP contribution < -0.4 is 10.1 Å². The lowest BCUT2D eigenvalue weighted by Gasteiger charge is -2.27. The molecule has 4 heteroatoms. The molecule has 0 bridgehead atoms. The lowest BCUT2D eigenvalue weighted by Crippen LogP contribution is -2.45. The Kier molecular flexibility index (Phi) is 4.64. The normalized spacial score (nSPS) is 18.9. The summed E-state index contributed by atoms with van der Waals surface area (Å²) < 4.78 is 5.84. The first-order valence-corrected chi connectivity index (χ1v) is 7.10. The first-order valence-electron chi connectivity index (χ1n) is 7.10. The largest absolute Gasteiger partial charge is 0.491 e. The van der Waals surface area contributed by atoms with Gasteiger partial charge in [-0.1, -0.05) is 12.1 Å². The summed E-state index contributed by atoms with van der Waals surface area (Å²) in [4.78, 5) is 0. The number of aliphatic hydroxyl groups is 1. The summed E-state index contributed by atoms with van der Waals surface area (Å²) in [5.41, 5.74) is 0.327. The van der Waals surface area contributed by atoms with Crippen LogP contribution in [-0.2, 0) is 6.61 Å². The molecule has 1 aliphatic rings. The summed E-state index contributed by atoms with van der Waals surface area (Å²) in [5.74, 6) is 0.765. The van der Waals surface area contributed by atoms with Crippen LogP contribution >= 0.6 is 0 Å². The van der Waals surface area contributed by atoms with Crippen molar-refractivity contribution in [2.24, 2.45) is 0 Å². The number of nitrogens with one attached hydrogen (secondary N) is 1. The number of nitriles is 1. The number of benzene rings is 1. The number of aliphatic hydroxyl groups excluding tert-OH is 1. The topological polar surface area (TPSA) is 65.3 Å². The summed E-state index contributed by atoms with van der Waals surface area (Å²) in [7, 11) is 0. The third-order valence-corrected chi connectivity index (χ3v) is 3.49. The van der Waals surface area contributed by atoms with Crippen LogP contribution in [0.2, 0.25) is 0 Å². The Morgan fingerprint density at radius 2 is 2.10 bits per heavy atom. The van der Waals surface area contributed by atoms with E-state index in [-0.39, 0.29) is 12.7 Å². The number of nitrogens with zero attached hydrogens (tertiary/aromatic N) is 1. The molecule has 2 N–H and O–H groups in total. The average Bonchev–Trinajstić information content (AvgIpc) is 3.23. The third kappa shape index (κ3) is 4.22. The van der Waals surface area contributed by atoms with Crippen LogP contribution in [0.5, 0.6) is 5.75 Å². The number of ether oxygens (including phenoxy) is 1. The summed E-state index contributed by atoms with van der Waals surface area (Å²) in [6.07, 6.45) is 2.91. The molecule has 1 aliphatic carbocycles. The molecule has 0 saturated heterocycles. The monoisotopic (exact) mass is 274 g/mol. The Hall–Kier alpha value is -1.57. The van der Waals surface area contributed by atoms with Crippen molar-refractivity contribution in [3.63, 3.8) is 0 Å². The van der Waals surface area contributed by atoms with Crippen molar-refractivity contribution in [1.29, 1.82) is 5.26 Å². The van der Waals surface area contributed by atoms with E-state index in [2.05, 4.69) is 11.4 Å². The van der Waals surface area contributed by atoms with E-state index >= 15 is 0 Å². The maximum absolute atomic E-state index is 9.35. The predicted molar refractivity (Wildman–Crippen MR) is 77.2 cm³/mol. The lowest BCUT2D eigenvalue weighted by molar-refractivity contribution is 0.179. The summed E-state index contributed by atoms with van der Waals surface area (Å²) >= 11 is 0. The Labute approximate surface area is 120 Å². The molecule has 2 atom stereocenters. The van der Waals surface area contributed by atoms with Gasteiger partial charge in [-0.3, -0.25) is 5.32 Å². The van der Waals surface area contributed by atoms with Gasteiger partial charge in [-0.25, -0.2) is 0 Å². The zero-order chi connectivity index (χ0) is 14.6. The van der Waals surface area contributed by atoms with E-state index in [0.717, 1.165) is 24.2 Å².